The molecule has 0 amide bonds. The molecule has 1 aromatic carbocycles. The van der Waals surface area contributed by atoms with Crippen molar-refractivity contribution in [3.63, 3.8) is 0 Å². The number of thiophene rings is 1. The largest absolute Gasteiger partial charge is 0.493 e. The Hall–Kier alpha value is -1.61. The molecule has 2 aromatic rings. The second-order valence-corrected chi connectivity index (χ2v) is 5.68. The van der Waals surface area contributed by atoms with Gasteiger partial charge in [0.05, 0.1) is 6.61 Å². The molecule has 1 aliphatic heterocycles. The first kappa shape index (κ1) is 12.4. The molecule has 0 unspecified atom stereocenters. The SMILES string of the molecule is Cc1cscc1C(=O)CCc1ccc2c(c1)CCO2. The van der Waals surface area contributed by atoms with Gasteiger partial charge in [0.2, 0.25) is 0 Å². The maximum absolute atomic E-state index is 12.1. The Kier molecular flexibility index (Phi) is 3.38. The number of benzene rings is 1. The summed E-state index contributed by atoms with van der Waals surface area (Å²) in [5.41, 5.74) is 4.48. The molecule has 0 spiro atoms. The zero-order valence-corrected chi connectivity index (χ0v) is 11.8. The Morgan fingerprint density at radius 1 is 1.37 bits per heavy atom. The number of hydrogen-bond donors (Lipinski definition) is 0. The van der Waals surface area contributed by atoms with Gasteiger partial charge in [-0.15, -0.1) is 0 Å². The fourth-order valence-electron chi connectivity index (χ4n) is 2.43. The van der Waals surface area contributed by atoms with Crippen molar-refractivity contribution in [3.05, 3.63) is 51.2 Å². The van der Waals surface area contributed by atoms with Gasteiger partial charge < -0.3 is 4.74 Å². The van der Waals surface area contributed by atoms with Crippen LogP contribution in [0.5, 0.6) is 5.75 Å². The summed E-state index contributed by atoms with van der Waals surface area (Å²) in [4.78, 5) is 12.1. The summed E-state index contributed by atoms with van der Waals surface area (Å²) in [6.45, 7) is 2.78. The van der Waals surface area contributed by atoms with E-state index in [0.29, 0.717) is 6.42 Å². The van der Waals surface area contributed by atoms with Crippen LogP contribution in [0.25, 0.3) is 0 Å². The molecule has 19 heavy (non-hydrogen) atoms. The second-order valence-electron chi connectivity index (χ2n) is 4.93. The third-order valence-corrected chi connectivity index (χ3v) is 4.41. The summed E-state index contributed by atoms with van der Waals surface area (Å²) in [6, 6.07) is 6.27. The molecule has 3 heteroatoms. The van der Waals surface area contributed by atoms with E-state index in [1.807, 2.05) is 23.8 Å². The number of aryl methyl sites for hydroxylation is 2. The van der Waals surface area contributed by atoms with E-state index in [-0.39, 0.29) is 5.78 Å². The van der Waals surface area contributed by atoms with Crippen molar-refractivity contribution in [1.29, 1.82) is 0 Å². The highest BCUT2D eigenvalue weighted by atomic mass is 32.1. The lowest BCUT2D eigenvalue weighted by atomic mass is 10.0. The van der Waals surface area contributed by atoms with Gasteiger partial charge in [0.15, 0.2) is 5.78 Å². The number of carbonyl (C=O) groups is 1. The summed E-state index contributed by atoms with van der Waals surface area (Å²) in [6.07, 6.45) is 2.37. The number of ether oxygens (including phenoxy) is 1. The quantitative estimate of drug-likeness (QED) is 0.791. The minimum atomic E-state index is 0.246. The third kappa shape index (κ3) is 2.56. The molecule has 0 saturated heterocycles. The van der Waals surface area contributed by atoms with Crippen molar-refractivity contribution in [1.82, 2.24) is 0 Å². The number of hydrogen-bond acceptors (Lipinski definition) is 3. The summed E-state index contributed by atoms with van der Waals surface area (Å²) in [5, 5.41) is 3.98. The first-order chi connectivity index (χ1) is 9.24. The van der Waals surface area contributed by atoms with E-state index in [9.17, 15) is 4.79 Å². The van der Waals surface area contributed by atoms with Crippen LogP contribution in [0.3, 0.4) is 0 Å². The zero-order chi connectivity index (χ0) is 13.2. The van der Waals surface area contributed by atoms with Gasteiger partial charge in [-0.05, 0) is 41.5 Å². The van der Waals surface area contributed by atoms with Gasteiger partial charge in [0, 0.05) is 23.8 Å². The molecule has 2 nitrogen and oxygen atoms in total. The number of fused-ring (bicyclic) bond motifs is 1. The molecular formula is C16H16O2S. The number of rotatable bonds is 4. The molecule has 0 fully saturated rings. The number of ketones is 1. The van der Waals surface area contributed by atoms with E-state index in [4.69, 9.17) is 4.74 Å². The van der Waals surface area contributed by atoms with Crippen molar-refractivity contribution in [2.45, 2.75) is 26.2 Å². The van der Waals surface area contributed by atoms with Crippen LogP contribution in [0.15, 0.2) is 29.0 Å². The summed E-state index contributed by atoms with van der Waals surface area (Å²) >= 11 is 1.60. The third-order valence-electron chi connectivity index (χ3n) is 3.55. The van der Waals surface area contributed by atoms with Gasteiger partial charge in [-0.2, -0.15) is 11.3 Å². The van der Waals surface area contributed by atoms with Crippen molar-refractivity contribution < 1.29 is 9.53 Å². The Bertz CT molecular complexity index is 613. The lowest BCUT2D eigenvalue weighted by Gasteiger charge is -2.04. The van der Waals surface area contributed by atoms with Gasteiger partial charge in [0.25, 0.3) is 0 Å². The minimum absolute atomic E-state index is 0.246. The van der Waals surface area contributed by atoms with Crippen LogP contribution in [0, 0.1) is 6.92 Å². The second kappa shape index (κ2) is 5.17. The highest BCUT2D eigenvalue weighted by Gasteiger charge is 2.13. The Morgan fingerprint density at radius 2 is 2.26 bits per heavy atom. The number of Topliss-reactive ketones (excluding diaryl/α,β-unsaturated/α-hetero) is 1. The lowest BCUT2D eigenvalue weighted by Crippen LogP contribution is -2.01. The molecule has 0 atom stereocenters. The summed E-state index contributed by atoms with van der Waals surface area (Å²) < 4.78 is 5.49. The molecule has 1 aliphatic rings. The Balaban J connectivity index is 1.66. The van der Waals surface area contributed by atoms with Crippen LogP contribution in [-0.2, 0) is 12.8 Å². The average molecular weight is 272 g/mol. The van der Waals surface area contributed by atoms with Crippen LogP contribution in [0.2, 0.25) is 0 Å². The minimum Gasteiger partial charge on any atom is -0.493 e. The van der Waals surface area contributed by atoms with Gasteiger partial charge in [0.1, 0.15) is 5.75 Å². The van der Waals surface area contributed by atoms with Gasteiger partial charge in [-0.1, -0.05) is 12.1 Å². The van der Waals surface area contributed by atoms with Crippen LogP contribution >= 0.6 is 11.3 Å². The predicted molar refractivity (Wildman–Crippen MR) is 77.3 cm³/mol. The first-order valence-corrected chi connectivity index (χ1v) is 7.49. The summed E-state index contributed by atoms with van der Waals surface area (Å²) in [7, 11) is 0. The fraction of sp³-hybridized carbons (Fsp3) is 0.312. The molecule has 0 saturated carbocycles. The van der Waals surface area contributed by atoms with E-state index in [1.165, 1.54) is 11.1 Å². The standard InChI is InChI=1S/C16H16O2S/c1-11-9-19-10-14(11)15(17)4-2-12-3-5-16-13(8-12)6-7-18-16/h3,5,8-10H,2,4,6-7H2,1H3. The van der Waals surface area contributed by atoms with E-state index in [2.05, 4.69) is 12.1 Å². The van der Waals surface area contributed by atoms with Gasteiger partial charge >= 0.3 is 0 Å². The normalized spacial score (nSPS) is 13.1. The zero-order valence-electron chi connectivity index (χ0n) is 10.9. The smallest absolute Gasteiger partial charge is 0.164 e. The predicted octanol–water partition coefficient (Wildman–Crippen LogP) is 3.81. The summed E-state index contributed by atoms with van der Waals surface area (Å²) in [5.74, 6) is 1.25. The topological polar surface area (TPSA) is 26.3 Å². The van der Waals surface area contributed by atoms with E-state index >= 15 is 0 Å². The Morgan fingerprint density at radius 3 is 3.05 bits per heavy atom. The van der Waals surface area contributed by atoms with Crippen molar-refractivity contribution in [3.8, 4) is 5.75 Å². The molecule has 98 valence electrons. The monoisotopic (exact) mass is 272 g/mol. The van der Waals surface area contributed by atoms with Gasteiger partial charge in [-0.25, -0.2) is 0 Å². The molecule has 1 aromatic heterocycles. The average Bonchev–Trinajstić information content (AvgIpc) is 3.03. The van der Waals surface area contributed by atoms with Crippen LogP contribution in [-0.4, -0.2) is 12.4 Å². The lowest BCUT2D eigenvalue weighted by molar-refractivity contribution is 0.0982. The molecule has 0 aliphatic carbocycles. The fourth-order valence-corrected chi connectivity index (χ4v) is 3.29. The van der Waals surface area contributed by atoms with E-state index in [1.54, 1.807) is 11.3 Å². The molecule has 3 rings (SSSR count). The maximum atomic E-state index is 12.1. The molecule has 0 N–H and O–H groups in total. The van der Waals surface area contributed by atoms with Crippen molar-refractivity contribution in [2.75, 3.05) is 6.61 Å². The molecular weight excluding hydrogens is 256 g/mol. The highest BCUT2D eigenvalue weighted by Crippen LogP contribution is 2.26. The molecule has 0 radical (unpaired) electrons. The van der Waals surface area contributed by atoms with Crippen LogP contribution < -0.4 is 4.74 Å². The molecule has 0 bridgehead atoms. The maximum Gasteiger partial charge on any atom is 0.164 e. The number of carbonyl (C=O) groups excluding carboxylic acids is 1. The van der Waals surface area contributed by atoms with Crippen molar-refractivity contribution in [2.24, 2.45) is 0 Å². The van der Waals surface area contributed by atoms with Crippen molar-refractivity contribution >= 4 is 17.1 Å². The molecule has 2 heterocycles. The van der Waals surface area contributed by atoms with Crippen LogP contribution in [0.1, 0.15) is 33.5 Å². The Labute approximate surface area is 117 Å². The van der Waals surface area contributed by atoms with Gasteiger partial charge in [-0.3, -0.25) is 4.79 Å². The highest BCUT2D eigenvalue weighted by molar-refractivity contribution is 7.08. The first-order valence-electron chi connectivity index (χ1n) is 6.54. The van der Waals surface area contributed by atoms with E-state index in [0.717, 1.165) is 36.3 Å². The van der Waals surface area contributed by atoms with Crippen LogP contribution in [0.4, 0.5) is 0 Å². The van der Waals surface area contributed by atoms with E-state index < -0.39 is 0 Å².